The van der Waals surface area contributed by atoms with Gasteiger partial charge in [-0.1, -0.05) is 48.0 Å². The molecule has 0 N–H and O–H groups in total. The van der Waals surface area contributed by atoms with Crippen molar-refractivity contribution in [3.05, 3.63) is 0 Å². The molecule has 0 atom stereocenters. The second-order valence-corrected chi connectivity index (χ2v) is 5.91. The fourth-order valence-corrected chi connectivity index (χ4v) is 1.85. The van der Waals surface area contributed by atoms with Crippen LogP contribution < -0.4 is 0 Å². The van der Waals surface area contributed by atoms with Gasteiger partial charge in [0.15, 0.2) is 0 Å². The van der Waals surface area contributed by atoms with Gasteiger partial charge in [-0.2, -0.15) is 0 Å². The zero-order valence-corrected chi connectivity index (χ0v) is 11.8. The smallest absolute Gasteiger partial charge is 0.000427 e. The van der Waals surface area contributed by atoms with Gasteiger partial charge in [-0.25, -0.2) is 0 Å². The van der Waals surface area contributed by atoms with Crippen LogP contribution in [-0.4, -0.2) is 24.5 Å². The van der Waals surface area contributed by atoms with E-state index in [0.29, 0.717) is 5.41 Å². The van der Waals surface area contributed by atoms with Crippen LogP contribution in [0.5, 0.6) is 0 Å². The number of hydrogen-bond acceptors (Lipinski definition) is 1. The number of rotatable bonds is 8. The summed E-state index contributed by atoms with van der Waals surface area (Å²) in [6.07, 6.45) is 4.00. The molecule has 0 aliphatic rings. The molecular formula is C14H31N. The Balaban J connectivity index is 3.72. The quantitative estimate of drug-likeness (QED) is 0.584. The third kappa shape index (κ3) is 7.84. The molecule has 0 aromatic heterocycles. The van der Waals surface area contributed by atoms with Crippen LogP contribution in [0.1, 0.15) is 60.8 Å². The van der Waals surface area contributed by atoms with Crippen molar-refractivity contribution in [2.75, 3.05) is 19.6 Å². The Bertz CT molecular complexity index is 149. The first-order valence-electron chi connectivity index (χ1n) is 6.63. The van der Waals surface area contributed by atoms with Gasteiger partial charge in [-0.15, -0.1) is 0 Å². The average Bonchev–Trinajstić information content (AvgIpc) is 2.15. The van der Waals surface area contributed by atoms with E-state index in [1.165, 1.54) is 38.9 Å². The van der Waals surface area contributed by atoms with E-state index in [2.05, 4.69) is 46.4 Å². The molecule has 0 heterocycles. The fourth-order valence-electron chi connectivity index (χ4n) is 1.85. The summed E-state index contributed by atoms with van der Waals surface area (Å²) < 4.78 is 0. The van der Waals surface area contributed by atoms with Crippen LogP contribution in [0.15, 0.2) is 0 Å². The zero-order chi connectivity index (χ0) is 11.9. The molecule has 0 aromatic carbocycles. The van der Waals surface area contributed by atoms with Crippen LogP contribution in [-0.2, 0) is 0 Å². The molecule has 0 saturated heterocycles. The molecule has 0 unspecified atom stereocenters. The van der Waals surface area contributed by atoms with Crippen molar-refractivity contribution in [1.29, 1.82) is 0 Å². The molecule has 0 rings (SSSR count). The third-order valence-electron chi connectivity index (χ3n) is 3.36. The second kappa shape index (κ2) is 7.27. The monoisotopic (exact) mass is 213 g/mol. The van der Waals surface area contributed by atoms with Crippen LogP contribution in [0, 0.1) is 11.3 Å². The molecule has 0 bridgehead atoms. The Morgan fingerprint density at radius 3 is 2.13 bits per heavy atom. The van der Waals surface area contributed by atoms with Crippen molar-refractivity contribution >= 4 is 0 Å². The molecular weight excluding hydrogens is 182 g/mol. The molecule has 15 heavy (non-hydrogen) atoms. The maximum atomic E-state index is 2.58. The zero-order valence-electron chi connectivity index (χ0n) is 11.8. The van der Waals surface area contributed by atoms with Gasteiger partial charge in [0.2, 0.25) is 0 Å². The average molecular weight is 213 g/mol. The maximum Gasteiger partial charge on any atom is 0.000427 e. The first-order valence-corrected chi connectivity index (χ1v) is 6.63. The summed E-state index contributed by atoms with van der Waals surface area (Å²) in [5, 5.41) is 0. The van der Waals surface area contributed by atoms with Gasteiger partial charge in [-0.05, 0) is 37.3 Å². The molecule has 0 spiro atoms. The fraction of sp³-hybridized carbons (Fsp3) is 1.00. The lowest BCUT2D eigenvalue weighted by molar-refractivity contribution is 0.226. The number of hydrogen-bond donors (Lipinski definition) is 0. The van der Waals surface area contributed by atoms with E-state index in [1.54, 1.807) is 0 Å². The van der Waals surface area contributed by atoms with Gasteiger partial charge in [0.1, 0.15) is 0 Å². The summed E-state index contributed by atoms with van der Waals surface area (Å²) >= 11 is 0. The summed E-state index contributed by atoms with van der Waals surface area (Å²) in [6.45, 7) is 17.7. The van der Waals surface area contributed by atoms with Crippen LogP contribution in [0.25, 0.3) is 0 Å². The van der Waals surface area contributed by atoms with Gasteiger partial charge in [0.05, 0.1) is 0 Å². The highest BCUT2D eigenvalue weighted by atomic mass is 15.1. The molecule has 0 amide bonds. The third-order valence-corrected chi connectivity index (χ3v) is 3.36. The molecule has 0 radical (unpaired) electrons. The second-order valence-electron chi connectivity index (χ2n) is 5.91. The van der Waals surface area contributed by atoms with Crippen molar-refractivity contribution in [2.24, 2.45) is 11.3 Å². The van der Waals surface area contributed by atoms with Gasteiger partial charge in [-0.3, -0.25) is 0 Å². The highest BCUT2D eigenvalue weighted by Gasteiger charge is 2.15. The largest absolute Gasteiger partial charge is 0.303 e. The van der Waals surface area contributed by atoms with Gasteiger partial charge in [0.25, 0.3) is 0 Å². The van der Waals surface area contributed by atoms with Crippen molar-refractivity contribution in [2.45, 2.75) is 60.8 Å². The predicted octanol–water partition coefficient (Wildman–Crippen LogP) is 4.18. The van der Waals surface area contributed by atoms with E-state index in [1.807, 2.05) is 0 Å². The Kier molecular flexibility index (Phi) is 7.25. The molecule has 1 nitrogen and oxygen atoms in total. The minimum Gasteiger partial charge on any atom is -0.303 e. The van der Waals surface area contributed by atoms with Gasteiger partial charge >= 0.3 is 0 Å². The molecule has 0 fully saturated rings. The topological polar surface area (TPSA) is 3.24 Å². The standard InChI is InChI=1S/C14H31N/c1-7-14(5,6)10-9-11-15(8-2)12-13(3)4/h13H,7-12H2,1-6H3. The normalized spacial score (nSPS) is 12.8. The molecule has 0 saturated carbocycles. The maximum absolute atomic E-state index is 2.58. The Morgan fingerprint density at radius 1 is 1.13 bits per heavy atom. The van der Waals surface area contributed by atoms with Crippen molar-refractivity contribution < 1.29 is 0 Å². The van der Waals surface area contributed by atoms with E-state index in [0.717, 1.165) is 5.92 Å². The first-order chi connectivity index (χ1) is 6.91. The lowest BCUT2D eigenvalue weighted by Gasteiger charge is -2.26. The molecule has 0 aliphatic heterocycles. The van der Waals surface area contributed by atoms with E-state index in [9.17, 15) is 0 Å². The van der Waals surface area contributed by atoms with E-state index in [4.69, 9.17) is 0 Å². The minimum atomic E-state index is 0.539. The summed E-state index contributed by atoms with van der Waals surface area (Å²) in [7, 11) is 0. The molecule has 0 aliphatic carbocycles. The number of nitrogens with zero attached hydrogens (tertiary/aromatic N) is 1. The highest BCUT2D eigenvalue weighted by molar-refractivity contribution is 4.68. The highest BCUT2D eigenvalue weighted by Crippen LogP contribution is 2.26. The summed E-state index contributed by atoms with van der Waals surface area (Å²) in [6, 6.07) is 0. The summed E-state index contributed by atoms with van der Waals surface area (Å²) in [5.74, 6) is 0.795. The van der Waals surface area contributed by atoms with Gasteiger partial charge in [0, 0.05) is 6.54 Å². The van der Waals surface area contributed by atoms with Crippen molar-refractivity contribution in [3.63, 3.8) is 0 Å². The Morgan fingerprint density at radius 2 is 1.73 bits per heavy atom. The van der Waals surface area contributed by atoms with Crippen molar-refractivity contribution in [1.82, 2.24) is 4.90 Å². The van der Waals surface area contributed by atoms with E-state index in [-0.39, 0.29) is 0 Å². The molecule has 0 aromatic rings. The Labute approximate surface area is 97.2 Å². The Hall–Kier alpha value is -0.0400. The van der Waals surface area contributed by atoms with E-state index >= 15 is 0 Å². The van der Waals surface area contributed by atoms with Crippen LogP contribution >= 0.6 is 0 Å². The minimum absolute atomic E-state index is 0.539. The summed E-state index contributed by atoms with van der Waals surface area (Å²) in [5.41, 5.74) is 0.539. The SMILES string of the molecule is CCN(CCCC(C)(C)CC)CC(C)C. The van der Waals surface area contributed by atoms with Gasteiger partial charge < -0.3 is 4.90 Å². The lowest BCUT2D eigenvalue weighted by Crippen LogP contribution is -2.29. The van der Waals surface area contributed by atoms with Crippen molar-refractivity contribution in [3.8, 4) is 0 Å². The summed E-state index contributed by atoms with van der Waals surface area (Å²) in [4.78, 5) is 2.58. The molecule has 92 valence electrons. The van der Waals surface area contributed by atoms with Crippen LogP contribution in [0.2, 0.25) is 0 Å². The van der Waals surface area contributed by atoms with Crippen LogP contribution in [0.4, 0.5) is 0 Å². The lowest BCUT2D eigenvalue weighted by atomic mass is 9.85. The molecule has 1 heteroatoms. The van der Waals surface area contributed by atoms with Crippen LogP contribution in [0.3, 0.4) is 0 Å². The first kappa shape index (κ1) is 15.0. The predicted molar refractivity (Wildman–Crippen MR) is 70.3 cm³/mol. The van der Waals surface area contributed by atoms with E-state index < -0.39 is 0 Å².